The van der Waals surface area contributed by atoms with Gasteiger partial charge in [0, 0.05) is 0 Å². The zero-order valence-corrected chi connectivity index (χ0v) is 9.44. The Balaban J connectivity index is 2.25. The van der Waals surface area contributed by atoms with E-state index in [1.807, 2.05) is 0 Å². The average Bonchev–Trinajstić information content (AvgIpc) is 2.66. The summed E-state index contributed by atoms with van der Waals surface area (Å²) >= 11 is 0. The summed E-state index contributed by atoms with van der Waals surface area (Å²) in [6.07, 6.45) is 2.74. The van der Waals surface area contributed by atoms with E-state index in [9.17, 15) is 13.2 Å². The topological polar surface area (TPSA) is 90.1 Å². The summed E-state index contributed by atoms with van der Waals surface area (Å²) in [5.41, 5.74) is 0. The molecule has 1 atom stereocenters. The van der Waals surface area contributed by atoms with Gasteiger partial charge in [0.2, 0.25) is 5.89 Å². The van der Waals surface area contributed by atoms with Crippen molar-refractivity contribution in [3.8, 4) is 0 Å². The quantitative estimate of drug-likeness (QED) is 0.717. The molecule has 0 aliphatic carbocycles. The minimum Gasteiger partial charge on any atom is -0.339 e. The summed E-state index contributed by atoms with van der Waals surface area (Å²) in [6, 6.07) is 0. The van der Waals surface area contributed by atoms with Gasteiger partial charge in [0.05, 0.1) is 12.2 Å². The van der Waals surface area contributed by atoms with E-state index in [1.165, 1.54) is 0 Å². The number of carbonyl (C=O) groups excluding carboxylic acids is 1. The number of nitrogens with zero attached hydrogens (tertiary/aromatic N) is 2. The summed E-state index contributed by atoms with van der Waals surface area (Å²) in [7, 11) is -3.15. The van der Waals surface area contributed by atoms with Crippen molar-refractivity contribution in [2.45, 2.75) is 30.9 Å². The van der Waals surface area contributed by atoms with Crippen molar-refractivity contribution < 1.29 is 17.7 Å². The molecule has 1 fully saturated rings. The number of rotatable bonds is 3. The van der Waals surface area contributed by atoms with Crippen LogP contribution in [0.25, 0.3) is 0 Å². The summed E-state index contributed by atoms with van der Waals surface area (Å²) in [6.45, 7) is 0. The molecule has 0 radical (unpaired) electrons. The molecule has 1 aromatic heterocycles. The van der Waals surface area contributed by atoms with E-state index in [1.54, 1.807) is 0 Å². The fourth-order valence-corrected chi connectivity index (χ4v) is 3.63. The summed E-state index contributed by atoms with van der Waals surface area (Å²) in [5.74, 6) is 0.539. The molecular weight excluding hydrogens is 232 g/mol. The van der Waals surface area contributed by atoms with Gasteiger partial charge in [-0.15, -0.1) is 0 Å². The van der Waals surface area contributed by atoms with E-state index >= 15 is 0 Å². The molecule has 1 aromatic rings. The van der Waals surface area contributed by atoms with Gasteiger partial charge in [-0.05, 0) is 12.8 Å². The normalized spacial score (nSPS) is 24.1. The molecule has 2 heterocycles. The third kappa shape index (κ3) is 2.13. The lowest BCUT2D eigenvalue weighted by Gasteiger charge is -2.18. The first-order valence-corrected chi connectivity index (χ1v) is 6.83. The molecule has 16 heavy (non-hydrogen) atoms. The van der Waals surface area contributed by atoms with Crippen LogP contribution in [-0.4, -0.2) is 30.6 Å². The SMILES string of the molecule is O=CCc1nc(C2CCCCS2(=O)=O)no1. The Hall–Kier alpha value is -1.24. The van der Waals surface area contributed by atoms with Crippen molar-refractivity contribution in [1.82, 2.24) is 10.1 Å². The van der Waals surface area contributed by atoms with E-state index in [-0.39, 0.29) is 23.9 Å². The van der Waals surface area contributed by atoms with Crippen LogP contribution >= 0.6 is 0 Å². The second kappa shape index (κ2) is 4.32. The first-order chi connectivity index (χ1) is 7.63. The Labute approximate surface area is 93.0 Å². The Morgan fingerprint density at radius 2 is 2.25 bits per heavy atom. The fraction of sp³-hybridized carbons (Fsp3) is 0.667. The molecule has 1 unspecified atom stereocenters. The van der Waals surface area contributed by atoms with Gasteiger partial charge in [0.15, 0.2) is 15.7 Å². The Bertz CT molecular complexity index is 479. The smallest absolute Gasteiger partial charge is 0.233 e. The minimum atomic E-state index is -3.15. The van der Waals surface area contributed by atoms with Crippen LogP contribution < -0.4 is 0 Å². The molecule has 2 rings (SSSR count). The molecule has 7 heteroatoms. The number of hydrogen-bond acceptors (Lipinski definition) is 6. The van der Waals surface area contributed by atoms with Crippen molar-refractivity contribution in [3.05, 3.63) is 11.7 Å². The van der Waals surface area contributed by atoms with E-state index < -0.39 is 15.1 Å². The van der Waals surface area contributed by atoms with Crippen LogP contribution in [0.3, 0.4) is 0 Å². The van der Waals surface area contributed by atoms with Crippen molar-refractivity contribution in [1.29, 1.82) is 0 Å². The van der Waals surface area contributed by atoms with E-state index in [0.29, 0.717) is 19.1 Å². The van der Waals surface area contributed by atoms with Crippen LogP contribution in [0.15, 0.2) is 4.52 Å². The highest BCUT2D eigenvalue weighted by molar-refractivity contribution is 7.91. The van der Waals surface area contributed by atoms with Gasteiger partial charge in [-0.3, -0.25) is 0 Å². The largest absolute Gasteiger partial charge is 0.339 e. The van der Waals surface area contributed by atoms with Crippen LogP contribution in [0, 0.1) is 0 Å². The maximum Gasteiger partial charge on any atom is 0.233 e. The lowest BCUT2D eigenvalue weighted by atomic mass is 10.2. The minimum absolute atomic E-state index is 0.0275. The second-order valence-electron chi connectivity index (χ2n) is 3.77. The third-order valence-electron chi connectivity index (χ3n) is 2.61. The number of aromatic nitrogens is 2. The van der Waals surface area contributed by atoms with Crippen LogP contribution in [0.1, 0.15) is 36.2 Å². The van der Waals surface area contributed by atoms with Crippen molar-refractivity contribution >= 4 is 16.1 Å². The fourth-order valence-electron chi connectivity index (χ4n) is 1.80. The first-order valence-electron chi connectivity index (χ1n) is 5.11. The van der Waals surface area contributed by atoms with E-state index in [0.717, 1.165) is 6.42 Å². The molecule has 0 N–H and O–H groups in total. The molecule has 0 bridgehead atoms. The standard InChI is InChI=1S/C9H12N2O4S/c12-5-4-8-10-9(11-15-8)7-3-1-2-6-16(7,13)14/h5,7H,1-4,6H2. The molecule has 0 saturated carbocycles. The Morgan fingerprint density at radius 3 is 2.94 bits per heavy atom. The van der Waals surface area contributed by atoms with Crippen LogP contribution in [0.2, 0.25) is 0 Å². The highest BCUT2D eigenvalue weighted by Crippen LogP contribution is 2.31. The van der Waals surface area contributed by atoms with Gasteiger partial charge in [-0.1, -0.05) is 11.6 Å². The van der Waals surface area contributed by atoms with Crippen molar-refractivity contribution in [3.63, 3.8) is 0 Å². The maximum atomic E-state index is 11.8. The Morgan fingerprint density at radius 1 is 1.44 bits per heavy atom. The van der Waals surface area contributed by atoms with Gasteiger partial charge < -0.3 is 9.32 Å². The molecule has 0 spiro atoms. The van der Waals surface area contributed by atoms with E-state index in [4.69, 9.17) is 4.52 Å². The summed E-state index contributed by atoms with van der Waals surface area (Å²) < 4.78 is 28.3. The first kappa shape index (κ1) is 11.3. The molecule has 0 aromatic carbocycles. The number of sulfone groups is 1. The molecule has 1 aliphatic rings. The molecule has 1 aliphatic heterocycles. The van der Waals surface area contributed by atoms with Gasteiger partial charge in [0.1, 0.15) is 11.5 Å². The number of carbonyl (C=O) groups is 1. The highest BCUT2D eigenvalue weighted by Gasteiger charge is 2.33. The summed E-state index contributed by atoms with van der Waals surface area (Å²) in [5, 5.41) is 2.97. The number of aldehydes is 1. The third-order valence-corrected chi connectivity index (χ3v) is 4.78. The summed E-state index contributed by atoms with van der Waals surface area (Å²) in [4.78, 5) is 14.2. The van der Waals surface area contributed by atoms with Crippen molar-refractivity contribution in [2.75, 3.05) is 5.75 Å². The van der Waals surface area contributed by atoms with Gasteiger partial charge >= 0.3 is 0 Å². The van der Waals surface area contributed by atoms with Crippen LogP contribution in [-0.2, 0) is 21.1 Å². The lowest BCUT2D eigenvalue weighted by molar-refractivity contribution is -0.107. The maximum absolute atomic E-state index is 11.8. The average molecular weight is 244 g/mol. The van der Waals surface area contributed by atoms with Gasteiger partial charge in [0.25, 0.3) is 0 Å². The van der Waals surface area contributed by atoms with Crippen LogP contribution in [0.5, 0.6) is 0 Å². The Kier molecular flexibility index (Phi) is 3.04. The van der Waals surface area contributed by atoms with Gasteiger partial charge in [-0.2, -0.15) is 4.98 Å². The molecule has 6 nitrogen and oxygen atoms in total. The predicted molar refractivity (Wildman–Crippen MR) is 54.4 cm³/mol. The molecule has 1 saturated heterocycles. The van der Waals surface area contributed by atoms with Gasteiger partial charge in [-0.25, -0.2) is 8.42 Å². The molecular formula is C9H12N2O4S. The zero-order valence-electron chi connectivity index (χ0n) is 8.63. The second-order valence-corrected chi connectivity index (χ2v) is 6.07. The van der Waals surface area contributed by atoms with Crippen molar-refractivity contribution in [2.24, 2.45) is 0 Å². The lowest BCUT2D eigenvalue weighted by Crippen LogP contribution is -2.22. The van der Waals surface area contributed by atoms with E-state index in [2.05, 4.69) is 10.1 Å². The monoisotopic (exact) mass is 244 g/mol. The van der Waals surface area contributed by atoms with Crippen LogP contribution in [0.4, 0.5) is 0 Å². The molecule has 0 amide bonds. The predicted octanol–water partition coefficient (Wildman–Crippen LogP) is 0.451. The number of hydrogen-bond donors (Lipinski definition) is 0. The zero-order chi connectivity index (χ0) is 11.6. The highest BCUT2D eigenvalue weighted by atomic mass is 32.2. The molecule has 88 valence electrons.